The number of hydrogen-bond donors (Lipinski definition) is 1. The number of Topliss-reactive ketones (excluding diaryl/α,β-unsaturated/α-hetero) is 1. The van der Waals surface area contributed by atoms with Crippen LogP contribution in [0.15, 0.2) is 54.7 Å². The van der Waals surface area contributed by atoms with Crippen LogP contribution in [0.25, 0.3) is 12.2 Å². The monoisotopic (exact) mass is 497 g/mol. The summed E-state index contributed by atoms with van der Waals surface area (Å²) in [5.74, 6) is -0.926. The lowest BCUT2D eigenvalue weighted by Gasteiger charge is -2.09. The van der Waals surface area contributed by atoms with Crippen LogP contribution in [0.3, 0.4) is 0 Å². The number of carbonyl (C=O) groups is 3. The lowest BCUT2D eigenvalue weighted by Crippen LogP contribution is -2.40. The number of carbonyl (C=O) groups excluding carboxylic acids is 3. The first-order valence-corrected chi connectivity index (χ1v) is 11.1. The number of nitrogens with one attached hydrogen (secondary N) is 1. The Hall–Kier alpha value is -3.48. The van der Waals surface area contributed by atoms with E-state index in [-0.39, 0.29) is 23.8 Å². The largest absolute Gasteiger partial charge is 0.465 e. The molecule has 0 bridgehead atoms. The Morgan fingerprint density at radius 2 is 1.68 bits per heavy atom. The van der Waals surface area contributed by atoms with Crippen LogP contribution in [0.4, 0.5) is 5.69 Å². The van der Waals surface area contributed by atoms with Crippen LogP contribution in [0.2, 0.25) is 10.0 Å². The number of methoxy groups -OCH3 is 1. The number of nitrogens with zero attached hydrogens (tertiary/aromatic N) is 1. The van der Waals surface area contributed by atoms with Gasteiger partial charge in [0.25, 0.3) is 0 Å². The maximum Gasteiger partial charge on any atom is 0.339 e. The Morgan fingerprint density at radius 1 is 0.971 bits per heavy atom. The summed E-state index contributed by atoms with van der Waals surface area (Å²) in [6.07, 6.45) is 5.57. The quantitative estimate of drug-likeness (QED) is 0.269. The van der Waals surface area contributed by atoms with E-state index in [1.54, 1.807) is 36.4 Å². The minimum atomic E-state index is -0.548. The molecule has 6 nitrogen and oxygen atoms in total. The van der Waals surface area contributed by atoms with Gasteiger partial charge in [-0.3, -0.25) is 9.59 Å². The van der Waals surface area contributed by atoms with Crippen LogP contribution < -0.4 is 9.88 Å². The van der Waals surface area contributed by atoms with E-state index in [1.165, 1.54) is 14.0 Å². The molecule has 0 atom stereocenters. The molecule has 1 N–H and O–H groups in total. The molecule has 0 saturated carbocycles. The van der Waals surface area contributed by atoms with E-state index in [2.05, 4.69) is 5.32 Å². The number of rotatable bonds is 7. The average Bonchev–Trinajstić information content (AvgIpc) is 2.81. The van der Waals surface area contributed by atoms with Gasteiger partial charge in [0, 0.05) is 31.0 Å². The van der Waals surface area contributed by atoms with Crippen LogP contribution in [0.5, 0.6) is 0 Å². The van der Waals surface area contributed by atoms with Crippen molar-refractivity contribution in [1.29, 1.82) is 0 Å². The van der Waals surface area contributed by atoms with Gasteiger partial charge in [0.05, 0.1) is 28.4 Å². The number of ether oxygens (including phenoxy) is 1. The Labute approximate surface area is 207 Å². The fourth-order valence-corrected chi connectivity index (χ4v) is 3.56. The average molecular weight is 498 g/mol. The summed E-state index contributed by atoms with van der Waals surface area (Å²) in [7, 11) is 1.28. The van der Waals surface area contributed by atoms with Gasteiger partial charge >= 0.3 is 5.97 Å². The lowest BCUT2D eigenvalue weighted by molar-refractivity contribution is -0.689. The molecule has 0 aliphatic carbocycles. The van der Waals surface area contributed by atoms with Crippen LogP contribution in [-0.4, -0.2) is 24.8 Å². The normalized spacial score (nSPS) is 10.9. The van der Waals surface area contributed by atoms with Crippen LogP contribution in [0, 0.1) is 6.92 Å². The maximum atomic E-state index is 12.7. The molecule has 0 aliphatic rings. The third-order valence-electron chi connectivity index (χ3n) is 5.06. The van der Waals surface area contributed by atoms with Crippen LogP contribution in [-0.2, 0) is 16.1 Å². The van der Waals surface area contributed by atoms with E-state index in [1.807, 2.05) is 42.0 Å². The second-order valence-electron chi connectivity index (χ2n) is 7.59. The van der Waals surface area contributed by atoms with Crippen molar-refractivity contribution in [3.8, 4) is 0 Å². The zero-order chi connectivity index (χ0) is 24.8. The minimum absolute atomic E-state index is 0.0934. The Kier molecular flexibility index (Phi) is 8.21. The molecular formula is C26H23Cl2N2O4+. The number of anilines is 1. The second-order valence-corrected chi connectivity index (χ2v) is 8.41. The van der Waals surface area contributed by atoms with Gasteiger partial charge in [0.2, 0.25) is 18.2 Å². The van der Waals surface area contributed by atoms with E-state index in [9.17, 15) is 14.4 Å². The van der Waals surface area contributed by atoms with Gasteiger partial charge in [-0.1, -0.05) is 35.3 Å². The number of benzene rings is 2. The standard InChI is InChI=1S/C26H22Cl2N2O4/c1-16-4-5-19(14-30(16)15-25(32)20-9-10-22(27)23(28)13-20)7-6-18-8-11-24(29-17(2)31)21(12-18)26(33)34-3/h4-14H,15H2,1-3H3/p+1/b7-6+. The number of esters is 1. The van der Waals surface area contributed by atoms with E-state index in [0.29, 0.717) is 21.3 Å². The van der Waals surface area contributed by atoms with Gasteiger partial charge in [-0.2, -0.15) is 4.57 Å². The summed E-state index contributed by atoms with van der Waals surface area (Å²) in [5.41, 5.74) is 3.64. The molecule has 0 aliphatic heterocycles. The van der Waals surface area contributed by atoms with E-state index in [4.69, 9.17) is 27.9 Å². The topological polar surface area (TPSA) is 76.3 Å². The highest BCUT2D eigenvalue weighted by atomic mass is 35.5. The summed E-state index contributed by atoms with van der Waals surface area (Å²) in [5, 5.41) is 3.36. The van der Waals surface area contributed by atoms with Gasteiger partial charge in [-0.25, -0.2) is 4.79 Å². The number of amides is 1. The van der Waals surface area contributed by atoms with Crippen molar-refractivity contribution in [2.75, 3.05) is 12.4 Å². The molecule has 3 rings (SSSR count). The number of aromatic nitrogens is 1. The fraction of sp³-hybridized carbons (Fsp3) is 0.154. The second kappa shape index (κ2) is 11.1. The zero-order valence-electron chi connectivity index (χ0n) is 18.9. The molecule has 174 valence electrons. The van der Waals surface area contributed by atoms with Crippen molar-refractivity contribution in [3.05, 3.63) is 92.7 Å². The molecule has 1 aromatic heterocycles. The fourth-order valence-electron chi connectivity index (χ4n) is 3.26. The van der Waals surface area contributed by atoms with Crippen molar-refractivity contribution >= 4 is 58.7 Å². The third kappa shape index (κ3) is 6.31. The molecule has 0 spiro atoms. The molecule has 34 heavy (non-hydrogen) atoms. The van der Waals surface area contributed by atoms with Crippen molar-refractivity contribution < 1.29 is 23.7 Å². The van der Waals surface area contributed by atoms with E-state index >= 15 is 0 Å². The van der Waals surface area contributed by atoms with E-state index in [0.717, 1.165) is 16.8 Å². The summed E-state index contributed by atoms with van der Waals surface area (Å²) < 4.78 is 6.68. The Balaban J connectivity index is 1.83. The van der Waals surface area contributed by atoms with Crippen LogP contribution in [0.1, 0.15) is 44.5 Å². The van der Waals surface area contributed by atoms with Crippen molar-refractivity contribution in [3.63, 3.8) is 0 Å². The summed E-state index contributed by atoms with van der Waals surface area (Å²) in [4.78, 5) is 36.3. The van der Waals surface area contributed by atoms with Crippen molar-refractivity contribution in [1.82, 2.24) is 0 Å². The summed E-state index contributed by atoms with van der Waals surface area (Å²) in [6, 6.07) is 13.7. The van der Waals surface area contributed by atoms with Crippen molar-refractivity contribution in [2.24, 2.45) is 0 Å². The Morgan fingerprint density at radius 3 is 2.35 bits per heavy atom. The minimum Gasteiger partial charge on any atom is -0.465 e. The molecule has 0 radical (unpaired) electrons. The maximum absolute atomic E-state index is 12.7. The first kappa shape index (κ1) is 25.1. The Bertz CT molecular complexity index is 1300. The van der Waals surface area contributed by atoms with Gasteiger partial charge in [-0.05, 0) is 48.0 Å². The SMILES string of the molecule is COC(=O)c1cc(/C=C/c2ccc(C)[n+](CC(=O)c3ccc(Cl)c(Cl)c3)c2)ccc1NC(C)=O. The van der Waals surface area contributed by atoms with E-state index < -0.39 is 5.97 Å². The molecule has 0 unspecified atom stereocenters. The number of hydrogen-bond acceptors (Lipinski definition) is 4. The number of ketones is 1. The van der Waals surface area contributed by atoms with Gasteiger partial charge in [0.1, 0.15) is 0 Å². The molecule has 2 aromatic carbocycles. The zero-order valence-corrected chi connectivity index (χ0v) is 20.4. The highest BCUT2D eigenvalue weighted by Gasteiger charge is 2.17. The molecule has 1 amide bonds. The molecular weight excluding hydrogens is 475 g/mol. The van der Waals surface area contributed by atoms with Crippen LogP contribution >= 0.6 is 23.2 Å². The first-order chi connectivity index (χ1) is 16.2. The predicted molar refractivity (Wildman–Crippen MR) is 133 cm³/mol. The third-order valence-corrected chi connectivity index (χ3v) is 5.80. The lowest BCUT2D eigenvalue weighted by atomic mass is 10.1. The number of pyridine rings is 1. The number of aryl methyl sites for hydroxylation is 1. The summed E-state index contributed by atoms with van der Waals surface area (Å²) in [6.45, 7) is 3.43. The number of halogens is 2. The first-order valence-electron chi connectivity index (χ1n) is 10.3. The predicted octanol–water partition coefficient (Wildman–Crippen LogP) is 5.39. The molecule has 0 saturated heterocycles. The highest BCUT2D eigenvalue weighted by molar-refractivity contribution is 6.42. The molecule has 3 aromatic rings. The van der Waals surface area contributed by atoms with Gasteiger partial charge in [-0.15, -0.1) is 0 Å². The van der Waals surface area contributed by atoms with Crippen molar-refractivity contribution in [2.45, 2.75) is 20.4 Å². The summed E-state index contributed by atoms with van der Waals surface area (Å²) >= 11 is 12.0. The highest BCUT2D eigenvalue weighted by Crippen LogP contribution is 2.23. The smallest absolute Gasteiger partial charge is 0.339 e. The molecule has 0 fully saturated rings. The van der Waals surface area contributed by atoms with Gasteiger partial charge < -0.3 is 10.1 Å². The molecule has 8 heteroatoms. The molecule has 1 heterocycles. The van der Waals surface area contributed by atoms with Gasteiger partial charge in [0.15, 0.2) is 11.9 Å².